The fourth-order valence-corrected chi connectivity index (χ4v) is 2.62. The zero-order valence-corrected chi connectivity index (χ0v) is 13.7. The number of hydrogen-bond donors (Lipinski definition) is 0. The number of hydrogen-bond acceptors (Lipinski definition) is 4. The van der Waals surface area contributed by atoms with Crippen molar-refractivity contribution in [1.29, 1.82) is 0 Å². The van der Waals surface area contributed by atoms with Crippen molar-refractivity contribution in [2.75, 3.05) is 6.54 Å². The van der Waals surface area contributed by atoms with Crippen LogP contribution >= 0.6 is 0 Å². The quantitative estimate of drug-likeness (QED) is 0.676. The Kier molecular flexibility index (Phi) is 4.46. The Labute approximate surface area is 139 Å². The third-order valence-corrected chi connectivity index (χ3v) is 3.91. The van der Waals surface area contributed by atoms with Crippen LogP contribution in [-0.4, -0.2) is 26.9 Å². The van der Waals surface area contributed by atoms with Gasteiger partial charge in [0.25, 0.3) is 5.91 Å². The fraction of sp³-hybridized carbons (Fsp3) is 0.278. The predicted molar refractivity (Wildman–Crippen MR) is 90.7 cm³/mol. The van der Waals surface area contributed by atoms with E-state index in [9.17, 15) is 9.59 Å². The molecular weight excluding hydrogens is 306 g/mol. The fourth-order valence-electron chi connectivity index (χ4n) is 2.62. The first-order valence-electron chi connectivity index (χ1n) is 7.88. The lowest BCUT2D eigenvalue weighted by Crippen LogP contribution is -2.35. The number of imidazole rings is 1. The van der Waals surface area contributed by atoms with E-state index in [2.05, 4.69) is 4.98 Å². The number of benzene rings is 1. The van der Waals surface area contributed by atoms with Crippen molar-refractivity contribution in [3.05, 3.63) is 64.5 Å². The first-order chi connectivity index (χ1) is 11.6. The van der Waals surface area contributed by atoms with Gasteiger partial charge in [-0.15, -0.1) is 0 Å². The summed E-state index contributed by atoms with van der Waals surface area (Å²) in [5, 5.41) is 0.730. The molecule has 2 heterocycles. The molecule has 0 aliphatic heterocycles. The van der Waals surface area contributed by atoms with Gasteiger partial charge < -0.3 is 13.9 Å². The van der Waals surface area contributed by atoms with Crippen LogP contribution in [0, 0.1) is 0 Å². The van der Waals surface area contributed by atoms with E-state index in [4.69, 9.17) is 4.42 Å². The van der Waals surface area contributed by atoms with Crippen LogP contribution in [-0.2, 0) is 13.6 Å². The van der Waals surface area contributed by atoms with Gasteiger partial charge in [-0.1, -0.05) is 25.1 Å². The molecule has 24 heavy (non-hydrogen) atoms. The smallest absolute Gasteiger partial charge is 0.349 e. The number of nitrogens with zero attached hydrogens (tertiary/aromatic N) is 3. The second-order valence-corrected chi connectivity index (χ2v) is 5.67. The van der Waals surface area contributed by atoms with E-state index in [1.807, 2.05) is 36.9 Å². The normalized spacial score (nSPS) is 10.9. The monoisotopic (exact) mass is 325 g/mol. The van der Waals surface area contributed by atoms with Crippen LogP contribution in [0.3, 0.4) is 0 Å². The van der Waals surface area contributed by atoms with Crippen molar-refractivity contribution in [3.63, 3.8) is 0 Å². The highest BCUT2D eigenvalue weighted by Crippen LogP contribution is 2.15. The Morgan fingerprint density at radius 2 is 2.12 bits per heavy atom. The van der Waals surface area contributed by atoms with Gasteiger partial charge in [0.2, 0.25) is 0 Å². The number of para-hydroxylation sites is 1. The number of carbonyl (C=O) groups excluding carboxylic acids is 1. The average molecular weight is 325 g/mol. The second kappa shape index (κ2) is 6.70. The lowest BCUT2D eigenvalue weighted by atomic mass is 10.1. The van der Waals surface area contributed by atoms with Crippen LogP contribution in [0.25, 0.3) is 11.0 Å². The molecule has 6 nitrogen and oxygen atoms in total. The number of carbonyl (C=O) groups is 1. The van der Waals surface area contributed by atoms with Crippen LogP contribution in [0.5, 0.6) is 0 Å². The minimum atomic E-state index is -0.611. The lowest BCUT2D eigenvalue weighted by Gasteiger charge is -2.21. The van der Waals surface area contributed by atoms with E-state index in [0.717, 1.165) is 17.6 Å². The van der Waals surface area contributed by atoms with Crippen LogP contribution in [0.1, 0.15) is 29.5 Å². The highest BCUT2D eigenvalue weighted by atomic mass is 16.4. The molecule has 2 aromatic heterocycles. The molecule has 0 saturated heterocycles. The van der Waals surface area contributed by atoms with E-state index in [0.29, 0.717) is 18.7 Å². The largest absolute Gasteiger partial charge is 0.422 e. The van der Waals surface area contributed by atoms with E-state index in [1.54, 1.807) is 29.3 Å². The molecule has 1 aromatic carbocycles. The third-order valence-electron chi connectivity index (χ3n) is 3.91. The lowest BCUT2D eigenvalue weighted by molar-refractivity contribution is 0.0733. The van der Waals surface area contributed by atoms with Crippen molar-refractivity contribution in [3.8, 4) is 0 Å². The molecule has 0 saturated carbocycles. The molecule has 0 bridgehead atoms. The summed E-state index contributed by atoms with van der Waals surface area (Å²) in [6.07, 6.45) is 4.30. The van der Waals surface area contributed by atoms with Gasteiger partial charge >= 0.3 is 5.63 Å². The molecular formula is C18H19N3O3. The summed E-state index contributed by atoms with van der Waals surface area (Å²) in [6.45, 7) is 2.88. The predicted octanol–water partition coefficient (Wildman–Crippen LogP) is 2.58. The summed E-state index contributed by atoms with van der Waals surface area (Å²) < 4.78 is 7.14. The summed E-state index contributed by atoms with van der Waals surface area (Å²) in [5.41, 5.74) is -0.0822. The van der Waals surface area contributed by atoms with E-state index >= 15 is 0 Å². The molecule has 6 heteroatoms. The van der Waals surface area contributed by atoms with Crippen molar-refractivity contribution >= 4 is 16.9 Å². The molecule has 0 atom stereocenters. The van der Waals surface area contributed by atoms with Gasteiger partial charge in [-0.2, -0.15) is 0 Å². The van der Waals surface area contributed by atoms with Gasteiger partial charge in [-0.25, -0.2) is 9.78 Å². The van der Waals surface area contributed by atoms with Gasteiger partial charge in [0.15, 0.2) is 0 Å². The molecule has 124 valence electrons. The molecule has 0 spiro atoms. The van der Waals surface area contributed by atoms with Crippen molar-refractivity contribution in [2.24, 2.45) is 7.05 Å². The Morgan fingerprint density at radius 1 is 1.33 bits per heavy atom. The van der Waals surface area contributed by atoms with Gasteiger partial charge in [0, 0.05) is 31.4 Å². The highest BCUT2D eigenvalue weighted by Gasteiger charge is 2.21. The molecule has 0 N–H and O–H groups in total. The summed E-state index contributed by atoms with van der Waals surface area (Å²) in [5.74, 6) is 0.432. The summed E-state index contributed by atoms with van der Waals surface area (Å²) in [6, 6.07) is 8.76. The summed E-state index contributed by atoms with van der Waals surface area (Å²) in [7, 11) is 1.88. The molecule has 0 fully saturated rings. The van der Waals surface area contributed by atoms with Crippen LogP contribution < -0.4 is 5.63 Å². The minimum absolute atomic E-state index is 0.0522. The maximum absolute atomic E-state index is 12.9. The summed E-state index contributed by atoms with van der Waals surface area (Å²) >= 11 is 0. The molecule has 1 amide bonds. The van der Waals surface area contributed by atoms with E-state index in [1.165, 1.54) is 0 Å². The molecule has 0 unspecified atom stereocenters. The van der Waals surface area contributed by atoms with Crippen LogP contribution in [0.15, 0.2) is 51.9 Å². The number of rotatable bonds is 5. The standard InChI is InChI=1S/C18H19N3O3/c1-3-9-21(12-16-19-8-10-20(16)2)17(22)14-11-13-6-4-5-7-15(13)24-18(14)23/h4-8,10-11H,3,9,12H2,1-2H3. The van der Waals surface area contributed by atoms with Crippen molar-refractivity contribution in [1.82, 2.24) is 14.5 Å². The SMILES string of the molecule is CCCN(Cc1nccn1C)C(=O)c1cc2ccccc2oc1=O. The Bertz CT molecular complexity index is 926. The van der Waals surface area contributed by atoms with Gasteiger partial charge in [-0.3, -0.25) is 4.79 Å². The topological polar surface area (TPSA) is 68.3 Å². The zero-order valence-electron chi connectivity index (χ0n) is 13.7. The number of aryl methyl sites for hydroxylation is 1. The molecule has 0 aliphatic carbocycles. The van der Waals surface area contributed by atoms with Gasteiger partial charge in [0.1, 0.15) is 17.0 Å². The van der Waals surface area contributed by atoms with E-state index in [-0.39, 0.29) is 11.5 Å². The number of fused-ring (bicyclic) bond motifs is 1. The minimum Gasteiger partial charge on any atom is -0.422 e. The first kappa shape index (κ1) is 16.0. The maximum atomic E-state index is 12.9. The second-order valence-electron chi connectivity index (χ2n) is 5.67. The van der Waals surface area contributed by atoms with Crippen LogP contribution in [0.2, 0.25) is 0 Å². The van der Waals surface area contributed by atoms with E-state index < -0.39 is 5.63 Å². The van der Waals surface area contributed by atoms with Crippen LogP contribution in [0.4, 0.5) is 0 Å². The molecule has 0 radical (unpaired) electrons. The Hall–Kier alpha value is -2.89. The Balaban J connectivity index is 1.96. The molecule has 0 aliphatic rings. The Morgan fingerprint density at radius 3 is 2.83 bits per heavy atom. The molecule has 3 rings (SSSR count). The molecule has 3 aromatic rings. The third kappa shape index (κ3) is 3.08. The number of amides is 1. The maximum Gasteiger partial charge on any atom is 0.349 e. The van der Waals surface area contributed by atoms with Gasteiger partial charge in [0.05, 0.1) is 6.54 Å². The van der Waals surface area contributed by atoms with Gasteiger partial charge in [-0.05, 0) is 18.6 Å². The van der Waals surface area contributed by atoms with Crippen molar-refractivity contribution < 1.29 is 9.21 Å². The first-order valence-corrected chi connectivity index (χ1v) is 7.88. The zero-order chi connectivity index (χ0) is 17.1. The number of aromatic nitrogens is 2. The highest BCUT2D eigenvalue weighted by molar-refractivity contribution is 5.96. The summed E-state index contributed by atoms with van der Waals surface area (Å²) in [4.78, 5) is 31.0. The van der Waals surface area contributed by atoms with Crippen molar-refractivity contribution in [2.45, 2.75) is 19.9 Å². The average Bonchev–Trinajstić information content (AvgIpc) is 2.98.